The minimum Gasteiger partial charge on any atom is -0.494 e. The van der Waals surface area contributed by atoms with Gasteiger partial charge in [0.05, 0.1) is 16.9 Å². The van der Waals surface area contributed by atoms with Crippen molar-refractivity contribution in [2.45, 2.75) is 13.8 Å². The van der Waals surface area contributed by atoms with Crippen LogP contribution in [0.2, 0.25) is 0 Å². The highest BCUT2D eigenvalue weighted by molar-refractivity contribution is 6.02. The van der Waals surface area contributed by atoms with Gasteiger partial charge in [0.2, 0.25) is 5.88 Å². The van der Waals surface area contributed by atoms with Gasteiger partial charge in [-0.05, 0) is 43.7 Å². The maximum absolute atomic E-state index is 13.2. The molecule has 4 aromatic rings. The van der Waals surface area contributed by atoms with Crippen molar-refractivity contribution >= 4 is 22.7 Å². The molecule has 4 heteroatoms. The highest BCUT2D eigenvalue weighted by Gasteiger charge is 2.17. The van der Waals surface area contributed by atoms with Gasteiger partial charge in [-0.15, -0.1) is 0 Å². The van der Waals surface area contributed by atoms with Gasteiger partial charge < -0.3 is 5.11 Å². The summed E-state index contributed by atoms with van der Waals surface area (Å²) in [6.07, 6.45) is 1.62. The average molecular weight is 368 g/mol. The molecular weight excluding hydrogens is 348 g/mol. The topological polar surface area (TPSA) is 54.6 Å². The molecule has 0 spiro atoms. The molecule has 28 heavy (non-hydrogen) atoms. The second kappa shape index (κ2) is 7.16. The molecule has 0 radical (unpaired) electrons. The van der Waals surface area contributed by atoms with Gasteiger partial charge in [0.1, 0.15) is 0 Å². The van der Waals surface area contributed by atoms with Crippen molar-refractivity contribution in [3.8, 4) is 11.6 Å². The Morgan fingerprint density at radius 2 is 1.57 bits per heavy atom. The zero-order valence-corrected chi connectivity index (χ0v) is 15.8. The zero-order valence-electron chi connectivity index (χ0n) is 15.8. The molecule has 0 fully saturated rings. The Labute approximate surface area is 163 Å². The highest BCUT2D eigenvalue weighted by Crippen LogP contribution is 2.28. The van der Waals surface area contributed by atoms with Crippen LogP contribution >= 0.6 is 0 Å². The number of hydrogen-bond acceptors (Lipinski definition) is 3. The second-order valence-corrected chi connectivity index (χ2v) is 6.81. The molecule has 0 aliphatic heterocycles. The number of aromatic nitrogens is 1. The first kappa shape index (κ1) is 17.7. The summed E-state index contributed by atoms with van der Waals surface area (Å²) in [7, 11) is 0. The first-order valence-corrected chi connectivity index (χ1v) is 9.10. The first-order chi connectivity index (χ1) is 13.6. The molecule has 138 valence electrons. The minimum atomic E-state index is -0.253. The molecule has 4 nitrogen and oxygen atoms in total. The number of para-hydroxylation sites is 1. The van der Waals surface area contributed by atoms with E-state index in [0.717, 1.165) is 16.8 Å². The number of pyridine rings is 1. The van der Waals surface area contributed by atoms with E-state index in [0.29, 0.717) is 22.0 Å². The lowest BCUT2D eigenvalue weighted by molar-refractivity contribution is 0.436. The largest absolute Gasteiger partial charge is 0.494 e. The molecule has 1 N–H and O–H groups in total. The van der Waals surface area contributed by atoms with E-state index in [9.17, 15) is 9.90 Å². The Hall–Kier alpha value is -3.66. The van der Waals surface area contributed by atoms with Crippen molar-refractivity contribution in [3.05, 3.63) is 99.8 Å². The molecule has 3 aromatic carbocycles. The molecule has 0 atom stereocenters. The molecule has 4 rings (SSSR count). The maximum Gasteiger partial charge on any atom is 0.265 e. The van der Waals surface area contributed by atoms with Crippen LogP contribution in [0.25, 0.3) is 16.5 Å². The fourth-order valence-corrected chi connectivity index (χ4v) is 3.42. The molecular formula is C24H20N2O2. The molecule has 0 bridgehead atoms. The van der Waals surface area contributed by atoms with Crippen molar-refractivity contribution in [2.24, 2.45) is 4.99 Å². The predicted octanol–water partition coefficient (Wildman–Crippen LogP) is 5.06. The van der Waals surface area contributed by atoms with Gasteiger partial charge in [-0.2, -0.15) is 0 Å². The highest BCUT2D eigenvalue weighted by atomic mass is 16.3. The molecule has 0 saturated carbocycles. The van der Waals surface area contributed by atoms with E-state index in [1.807, 2.05) is 80.6 Å². The van der Waals surface area contributed by atoms with Gasteiger partial charge in [0.15, 0.2) is 0 Å². The van der Waals surface area contributed by atoms with Crippen molar-refractivity contribution in [1.29, 1.82) is 0 Å². The van der Waals surface area contributed by atoms with Crippen LogP contribution in [-0.2, 0) is 0 Å². The summed E-state index contributed by atoms with van der Waals surface area (Å²) >= 11 is 0. The van der Waals surface area contributed by atoms with Crippen LogP contribution in [0.3, 0.4) is 0 Å². The van der Waals surface area contributed by atoms with Crippen LogP contribution in [0.15, 0.2) is 82.6 Å². The molecule has 1 heterocycles. The number of fused-ring (bicyclic) bond motifs is 1. The van der Waals surface area contributed by atoms with Crippen molar-refractivity contribution in [3.63, 3.8) is 0 Å². The third kappa shape index (κ3) is 3.09. The number of rotatable bonds is 3. The van der Waals surface area contributed by atoms with Gasteiger partial charge in [0.25, 0.3) is 5.56 Å². The SMILES string of the molecule is Cc1ccc(-n2c(O)c(C=Nc3ccccc3)c3ccccc3c2=O)c(C)c1. The maximum atomic E-state index is 13.2. The van der Waals surface area contributed by atoms with Gasteiger partial charge in [-0.25, -0.2) is 4.57 Å². The lowest BCUT2D eigenvalue weighted by Gasteiger charge is -2.16. The van der Waals surface area contributed by atoms with Crippen LogP contribution in [-0.4, -0.2) is 15.9 Å². The van der Waals surface area contributed by atoms with Crippen LogP contribution in [0.1, 0.15) is 16.7 Å². The van der Waals surface area contributed by atoms with Crippen LogP contribution < -0.4 is 5.56 Å². The number of aromatic hydroxyl groups is 1. The van der Waals surface area contributed by atoms with E-state index < -0.39 is 0 Å². The fraction of sp³-hybridized carbons (Fsp3) is 0.0833. The van der Waals surface area contributed by atoms with E-state index in [1.54, 1.807) is 12.3 Å². The Balaban J connectivity index is 2.02. The fourth-order valence-electron chi connectivity index (χ4n) is 3.42. The third-order valence-electron chi connectivity index (χ3n) is 4.80. The summed E-state index contributed by atoms with van der Waals surface area (Å²) in [5, 5.41) is 12.3. The molecule has 1 aromatic heterocycles. The van der Waals surface area contributed by atoms with Gasteiger partial charge in [-0.1, -0.05) is 54.1 Å². The lowest BCUT2D eigenvalue weighted by Crippen LogP contribution is -2.21. The number of aryl methyl sites for hydroxylation is 2. The Morgan fingerprint density at radius 3 is 2.29 bits per heavy atom. The Bertz CT molecular complexity index is 1260. The number of benzene rings is 3. The number of hydrogen-bond donors (Lipinski definition) is 1. The van der Waals surface area contributed by atoms with Crippen molar-refractivity contribution in [2.75, 3.05) is 0 Å². The van der Waals surface area contributed by atoms with Crippen LogP contribution in [0, 0.1) is 13.8 Å². The monoisotopic (exact) mass is 368 g/mol. The first-order valence-electron chi connectivity index (χ1n) is 9.10. The van der Waals surface area contributed by atoms with Gasteiger partial charge >= 0.3 is 0 Å². The molecule has 0 unspecified atom stereocenters. The number of aliphatic imine (C=N–C) groups is 1. The minimum absolute atomic E-state index is 0.115. The van der Waals surface area contributed by atoms with Crippen molar-refractivity contribution in [1.82, 2.24) is 4.57 Å². The molecule has 0 aliphatic rings. The quantitative estimate of drug-likeness (QED) is 0.514. The molecule has 0 aliphatic carbocycles. The Morgan fingerprint density at radius 1 is 0.893 bits per heavy atom. The van der Waals surface area contributed by atoms with E-state index in [2.05, 4.69) is 4.99 Å². The summed E-state index contributed by atoms with van der Waals surface area (Å²) in [4.78, 5) is 17.7. The molecule has 0 amide bonds. The molecule has 0 saturated heterocycles. The van der Waals surface area contributed by atoms with Crippen LogP contribution in [0.4, 0.5) is 5.69 Å². The van der Waals surface area contributed by atoms with Gasteiger partial charge in [-0.3, -0.25) is 9.79 Å². The average Bonchev–Trinajstić information content (AvgIpc) is 2.70. The summed E-state index contributed by atoms with van der Waals surface area (Å²) < 4.78 is 1.36. The normalized spacial score (nSPS) is 11.4. The summed E-state index contributed by atoms with van der Waals surface area (Å²) in [5.74, 6) is -0.115. The van der Waals surface area contributed by atoms with Gasteiger partial charge in [0, 0.05) is 17.0 Å². The summed E-state index contributed by atoms with van der Waals surface area (Å²) in [6.45, 7) is 3.93. The third-order valence-corrected chi connectivity index (χ3v) is 4.80. The second-order valence-electron chi connectivity index (χ2n) is 6.81. The summed E-state index contributed by atoms with van der Waals surface area (Å²) in [6, 6.07) is 22.6. The summed E-state index contributed by atoms with van der Waals surface area (Å²) in [5.41, 5.74) is 3.71. The van der Waals surface area contributed by atoms with Crippen LogP contribution in [0.5, 0.6) is 5.88 Å². The predicted molar refractivity (Wildman–Crippen MR) is 114 cm³/mol. The van der Waals surface area contributed by atoms with E-state index in [-0.39, 0.29) is 11.4 Å². The lowest BCUT2D eigenvalue weighted by atomic mass is 10.1. The Kier molecular flexibility index (Phi) is 4.53. The van der Waals surface area contributed by atoms with E-state index in [4.69, 9.17) is 0 Å². The smallest absolute Gasteiger partial charge is 0.265 e. The number of nitrogens with zero attached hydrogens (tertiary/aromatic N) is 2. The van der Waals surface area contributed by atoms with E-state index >= 15 is 0 Å². The zero-order chi connectivity index (χ0) is 19.7. The van der Waals surface area contributed by atoms with Crippen molar-refractivity contribution < 1.29 is 5.11 Å². The van der Waals surface area contributed by atoms with E-state index in [1.165, 1.54) is 4.57 Å². The standard InChI is InChI=1S/C24H20N2O2/c1-16-12-13-22(17(2)14-16)26-23(27)20-11-7-6-10-19(20)21(24(26)28)15-25-18-8-4-3-5-9-18/h3-15,28H,1-2H3.